The van der Waals surface area contributed by atoms with Crippen LogP contribution >= 0.6 is 0 Å². The van der Waals surface area contributed by atoms with E-state index in [1.165, 1.54) is 13.2 Å². The summed E-state index contributed by atoms with van der Waals surface area (Å²) in [6.07, 6.45) is -2.57. The van der Waals surface area contributed by atoms with Crippen molar-refractivity contribution in [3.05, 3.63) is 40.3 Å². The molecule has 8 heteroatoms. The van der Waals surface area contributed by atoms with Crippen molar-refractivity contribution >= 4 is 5.97 Å². The van der Waals surface area contributed by atoms with E-state index in [9.17, 15) is 15.0 Å². The van der Waals surface area contributed by atoms with E-state index >= 15 is 0 Å². The molecule has 0 saturated heterocycles. The molecule has 0 fully saturated rings. The molecule has 0 aliphatic carbocycles. The Hall–Kier alpha value is -2.28. The van der Waals surface area contributed by atoms with Crippen LogP contribution in [0.5, 0.6) is 5.75 Å². The Morgan fingerprint density at radius 1 is 1.45 bits per heavy atom. The second-order valence-electron chi connectivity index (χ2n) is 3.83. The molecular weight excluding hydrogens is 266 g/mol. The Morgan fingerprint density at radius 3 is 2.80 bits per heavy atom. The zero-order valence-electron chi connectivity index (χ0n) is 10.8. The number of benzene rings is 1. The minimum Gasteiger partial charge on any atom is -0.482 e. The number of esters is 1. The van der Waals surface area contributed by atoms with E-state index in [2.05, 4.69) is 14.8 Å². The van der Waals surface area contributed by atoms with Gasteiger partial charge in [0.15, 0.2) is 6.61 Å². The normalized spacial score (nSPS) is 12.9. The van der Waals surface area contributed by atoms with E-state index in [0.29, 0.717) is 0 Å². The number of hydrogen-bond donors (Lipinski definition) is 2. The summed E-state index contributed by atoms with van der Waals surface area (Å²) in [6.45, 7) is -0.588. The van der Waals surface area contributed by atoms with E-state index in [1.54, 1.807) is 18.2 Å². The molecule has 108 valence electrons. The minimum absolute atomic E-state index is 0.241. The van der Waals surface area contributed by atoms with Crippen LogP contribution in [0.3, 0.4) is 0 Å². The highest BCUT2D eigenvalue weighted by Crippen LogP contribution is 2.27. The first-order chi connectivity index (χ1) is 9.60. The van der Waals surface area contributed by atoms with E-state index in [1.807, 2.05) is 0 Å². The number of nitrogens with zero attached hydrogens (tertiary/aromatic N) is 3. The highest BCUT2D eigenvalue weighted by atomic mass is 16.6. The van der Waals surface area contributed by atoms with Crippen molar-refractivity contribution < 1.29 is 24.5 Å². The molecule has 0 aliphatic rings. The largest absolute Gasteiger partial charge is 0.482 e. The summed E-state index contributed by atoms with van der Waals surface area (Å²) in [7, 11) is 1.23. The molecule has 8 nitrogen and oxygen atoms in total. The lowest BCUT2D eigenvalue weighted by Crippen LogP contribution is -2.22. The van der Waals surface area contributed by atoms with E-state index in [4.69, 9.17) is 10.3 Å². The number of rotatable bonds is 7. The van der Waals surface area contributed by atoms with Crippen LogP contribution in [0.25, 0.3) is 10.4 Å². The van der Waals surface area contributed by atoms with Crippen LogP contribution in [0.4, 0.5) is 0 Å². The van der Waals surface area contributed by atoms with Gasteiger partial charge in [0, 0.05) is 10.5 Å². The third-order valence-corrected chi connectivity index (χ3v) is 2.51. The second kappa shape index (κ2) is 8.00. The number of aliphatic hydroxyl groups is 2. The fourth-order valence-corrected chi connectivity index (χ4v) is 1.48. The monoisotopic (exact) mass is 281 g/mol. The van der Waals surface area contributed by atoms with Gasteiger partial charge in [-0.3, -0.25) is 0 Å². The quantitative estimate of drug-likeness (QED) is 0.333. The van der Waals surface area contributed by atoms with Gasteiger partial charge in [-0.25, -0.2) is 4.79 Å². The highest BCUT2D eigenvalue weighted by molar-refractivity contribution is 5.70. The molecule has 2 unspecified atom stereocenters. The maximum atomic E-state index is 11.0. The Labute approximate surface area is 115 Å². The molecule has 0 aromatic heterocycles. The summed E-state index contributed by atoms with van der Waals surface area (Å²) >= 11 is 0. The first-order valence-corrected chi connectivity index (χ1v) is 5.75. The van der Waals surface area contributed by atoms with Crippen LogP contribution in [-0.2, 0) is 9.53 Å². The van der Waals surface area contributed by atoms with Gasteiger partial charge in [0.25, 0.3) is 0 Å². The lowest BCUT2D eigenvalue weighted by atomic mass is 10.0. The molecule has 1 rings (SSSR count). The number of hydrogen-bond acceptors (Lipinski definition) is 6. The third-order valence-electron chi connectivity index (χ3n) is 2.51. The number of carbonyl (C=O) groups excluding carboxylic acids is 1. The van der Waals surface area contributed by atoms with Crippen LogP contribution in [-0.4, -0.2) is 42.5 Å². The molecule has 2 N–H and O–H groups in total. The van der Waals surface area contributed by atoms with Gasteiger partial charge >= 0.3 is 5.97 Å². The van der Waals surface area contributed by atoms with Gasteiger partial charge in [0.2, 0.25) is 0 Å². The summed E-state index contributed by atoms with van der Waals surface area (Å²) < 4.78 is 9.66. The molecule has 0 heterocycles. The molecule has 0 radical (unpaired) electrons. The smallest absolute Gasteiger partial charge is 0.343 e. The topological polar surface area (TPSA) is 125 Å². The third kappa shape index (κ3) is 4.43. The molecule has 1 aromatic rings. The van der Waals surface area contributed by atoms with Gasteiger partial charge in [-0.15, -0.1) is 0 Å². The number of para-hydroxylation sites is 1. The van der Waals surface area contributed by atoms with Gasteiger partial charge in [0.05, 0.1) is 19.8 Å². The zero-order valence-corrected chi connectivity index (χ0v) is 10.8. The fraction of sp³-hybridized carbons (Fsp3) is 0.417. The predicted octanol–water partition coefficient (Wildman–Crippen LogP) is 0.943. The zero-order chi connectivity index (χ0) is 15.0. The number of carbonyl (C=O) groups is 1. The first kappa shape index (κ1) is 15.8. The molecule has 0 amide bonds. The molecule has 20 heavy (non-hydrogen) atoms. The molecular formula is C12H15N3O5. The molecule has 0 saturated carbocycles. The van der Waals surface area contributed by atoms with Crippen LogP contribution in [0.15, 0.2) is 29.4 Å². The summed E-state index contributed by atoms with van der Waals surface area (Å²) in [6, 6.07) is 6.38. The highest BCUT2D eigenvalue weighted by Gasteiger charge is 2.21. The molecule has 0 bridgehead atoms. The van der Waals surface area contributed by atoms with E-state index in [-0.39, 0.29) is 24.5 Å². The standard InChI is InChI=1S/C12H15N3O5/c1-19-11(17)7-20-10-5-3-2-4-8(10)12(18)9(16)6-14-15-13/h2-5,9,12,16,18H,6-7H2,1H3. The van der Waals surface area contributed by atoms with Gasteiger partial charge in [0.1, 0.15) is 11.9 Å². The molecule has 1 aromatic carbocycles. The Kier molecular flexibility index (Phi) is 6.31. The Balaban J connectivity index is 2.83. The van der Waals surface area contributed by atoms with Crippen molar-refractivity contribution in [3.8, 4) is 5.75 Å². The first-order valence-electron chi connectivity index (χ1n) is 5.75. The predicted molar refractivity (Wildman–Crippen MR) is 68.9 cm³/mol. The second-order valence-corrected chi connectivity index (χ2v) is 3.83. The average Bonchev–Trinajstić information content (AvgIpc) is 2.49. The van der Waals surface area contributed by atoms with Gasteiger partial charge in [-0.05, 0) is 11.6 Å². The van der Waals surface area contributed by atoms with E-state index in [0.717, 1.165) is 0 Å². The number of aliphatic hydroxyl groups excluding tert-OH is 2. The molecule has 2 atom stereocenters. The Morgan fingerprint density at radius 2 is 2.15 bits per heavy atom. The maximum Gasteiger partial charge on any atom is 0.343 e. The summed E-state index contributed by atoms with van der Waals surface area (Å²) in [5, 5.41) is 22.9. The average molecular weight is 281 g/mol. The SMILES string of the molecule is COC(=O)COc1ccccc1C(O)C(O)CN=[N+]=[N-]. The van der Waals surface area contributed by atoms with Crippen molar-refractivity contribution in [3.63, 3.8) is 0 Å². The minimum atomic E-state index is -1.30. The van der Waals surface area contributed by atoms with Gasteiger partial charge in [-0.2, -0.15) is 0 Å². The van der Waals surface area contributed by atoms with Crippen molar-refractivity contribution in [2.24, 2.45) is 5.11 Å². The van der Waals surface area contributed by atoms with Crippen LogP contribution in [0.1, 0.15) is 11.7 Å². The van der Waals surface area contributed by atoms with Crippen molar-refractivity contribution in [1.29, 1.82) is 0 Å². The number of azide groups is 1. The number of methoxy groups -OCH3 is 1. The lowest BCUT2D eigenvalue weighted by Gasteiger charge is -2.19. The molecule has 0 spiro atoms. The summed E-state index contributed by atoms with van der Waals surface area (Å²) in [5.41, 5.74) is 8.47. The van der Waals surface area contributed by atoms with Crippen LogP contribution < -0.4 is 4.74 Å². The summed E-state index contributed by atoms with van der Waals surface area (Å²) in [4.78, 5) is 13.5. The van der Waals surface area contributed by atoms with Gasteiger partial charge in [-0.1, -0.05) is 23.3 Å². The van der Waals surface area contributed by atoms with E-state index < -0.39 is 18.2 Å². The van der Waals surface area contributed by atoms with Gasteiger partial charge < -0.3 is 19.7 Å². The van der Waals surface area contributed by atoms with Crippen LogP contribution in [0, 0.1) is 0 Å². The Bertz CT molecular complexity index is 502. The number of ether oxygens (including phenoxy) is 2. The fourth-order valence-electron chi connectivity index (χ4n) is 1.48. The van der Waals surface area contributed by atoms with Crippen LogP contribution in [0.2, 0.25) is 0 Å². The lowest BCUT2D eigenvalue weighted by molar-refractivity contribution is -0.142. The summed E-state index contributed by atoms with van der Waals surface area (Å²) in [5.74, 6) is -0.325. The van der Waals surface area contributed by atoms with Crippen molar-refractivity contribution in [1.82, 2.24) is 0 Å². The maximum absolute atomic E-state index is 11.0. The van der Waals surface area contributed by atoms with Crippen molar-refractivity contribution in [2.45, 2.75) is 12.2 Å². The van der Waals surface area contributed by atoms with Crippen molar-refractivity contribution in [2.75, 3.05) is 20.3 Å². The molecule has 0 aliphatic heterocycles.